The Morgan fingerprint density at radius 1 is 1.21 bits per heavy atom. The third kappa shape index (κ3) is 5.79. The van der Waals surface area contributed by atoms with Crippen LogP contribution in [0, 0.1) is 12.8 Å². The Bertz CT molecular complexity index is 1180. The molecule has 1 aromatic carbocycles. The average molecular weight is 458 g/mol. The van der Waals surface area contributed by atoms with E-state index in [-0.39, 0.29) is 5.91 Å². The number of nitrogens with one attached hydrogen (secondary N) is 1. The normalized spacial score (nSPS) is 16.7. The first-order valence-electron chi connectivity index (χ1n) is 12.0. The molecule has 0 radical (unpaired) electrons. The number of nitrogens with zero attached hydrogens (tertiary/aromatic N) is 4. The highest BCUT2D eigenvalue weighted by atomic mass is 16.5. The van der Waals surface area contributed by atoms with Gasteiger partial charge in [-0.3, -0.25) is 19.4 Å². The van der Waals surface area contributed by atoms with E-state index in [4.69, 9.17) is 4.74 Å². The van der Waals surface area contributed by atoms with E-state index in [0.717, 1.165) is 67.7 Å². The predicted molar refractivity (Wildman–Crippen MR) is 133 cm³/mol. The van der Waals surface area contributed by atoms with Crippen LogP contribution in [0.2, 0.25) is 0 Å². The zero-order valence-electron chi connectivity index (χ0n) is 19.6. The fraction of sp³-hybridized carbons (Fsp3) is 0.370. The molecule has 2 aliphatic rings. The molecule has 3 heterocycles. The maximum Gasteiger partial charge on any atom is 0.248 e. The van der Waals surface area contributed by atoms with E-state index in [2.05, 4.69) is 39.5 Å². The molecule has 2 aromatic heterocycles. The number of aromatic nitrogens is 3. The summed E-state index contributed by atoms with van der Waals surface area (Å²) >= 11 is 0. The van der Waals surface area contributed by atoms with Gasteiger partial charge in [-0.25, -0.2) is 0 Å². The van der Waals surface area contributed by atoms with E-state index in [0.29, 0.717) is 0 Å². The Balaban J connectivity index is 1.22. The summed E-state index contributed by atoms with van der Waals surface area (Å²) in [6.45, 7) is 7.48. The zero-order chi connectivity index (χ0) is 23.3. The summed E-state index contributed by atoms with van der Waals surface area (Å²) in [6, 6.07) is 8.07. The van der Waals surface area contributed by atoms with Crippen LogP contribution in [0.1, 0.15) is 29.5 Å². The number of ether oxygens (including phenoxy) is 1. The van der Waals surface area contributed by atoms with Gasteiger partial charge in [0.25, 0.3) is 0 Å². The van der Waals surface area contributed by atoms with Crippen LogP contribution in [-0.4, -0.2) is 51.9 Å². The molecular formula is C27H31N5O2. The van der Waals surface area contributed by atoms with Crippen molar-refractivity contribution in [2.45, 2.75) is 32.9 Å². The molecule has 1 saturated heterocycles. The lowest BCUT2D eigenvalue weighted by atomic mass is 10.0. The van der Waals surface area contributed by atoms with Gasteiger partial charge >= 0.3 is 0 Å². The third-order valence-electron chi connectivity index (χ3n) is 6.46. The first-order chi connectivity index (χ1) is 16.6. The standard InChI is InChI=1S/C27H31N5O2/c1-20-14-25(6-4-23(20)18-31-10-12-34-13-11-31)30-27(33)7-5-22-15-28-9-8-26(22)24-16-29-32(19-24)17-21-2-3-21/h4-9,14-16,19,21H,2-3,10-13,17-18H2,1H3,(H,30,33). The number of carbonyl (C=O) groups excluding carboxylic acids is 1. The molecule has 1 aliphatic carbocycles. The molecule has 1 N–H and O–H groups in total. The summed E-state index contributed by atoms with van der Waals surface area (Å²) in [6.07, 6.45) is 13.5. The maximum absolute atomic E-state index is 12.6. The lowest BCUT2D eigenvalue weighted by Crippen LogP contribution is -2.35. The minimum absolute atomic E-state index is 0.167. The number of carbonyl (C=O) groups is 1. The Labute approximate surface area is 200 Å². The molecule has 176 valence electrons. The van der Waals surface area contributed by atoms with Gasteiger partial charge in [0.1, 0.15) is 0 Å². The lowest BCUT2D eigenvalue weighted by molar-refractivity contribution is -0.111. The third-order valence-corrected chi connectivity index (χ3v) is 6.46. The average Bonchev–Trinajstić information content (AvgIpc) is 3.55. The van der Waals surface area contributed by atoms with Crippen molar-refractivity contribution in [1.29, 1.82) is 0 Å². The van der Waals surface area contributed by atoms with E-state index in [1.54, 1.807) is 18.5 Å². The fourth-order valence-electron chi connectivity index (χ4n) is 4.27. The molecule has 7 heteroatoms. The number of hydrogen-bond donors (Lipinski definition) is 1. The second-order valence-electron chi connectivity index (χ2n) is 9.21. The van der Waals surface area contributed by atoms with E-state index in [9.17, 15) is 4.79 Å². The summed E-state index contributed by atoms with van der Waals surface area (Å²) in [5.41, 5.74) is 6.19. The van der Waals surface area contributed by atoms with Crippen molar-refractivity contribution in [1.82, 2.24) is 19.7 Å². The van der Waals surface area contributed by atoms with Crippen LogP contribution >= 0.6 is 0 Å². The summed E-state index contributed by atoms with van der Waals surface area (Å²) in [7, 11) is 0. The number of pyridine rings is 1. The Hall–Kier alpha value is -3.29. The highest BCUT2D eigenvalue weighted by molar-refractivity contribution is 6.02. The first kappa shape index (κ1) is 22.5. The van der Waals surface area contributed by atoms with Gasteiger partial charge in [0.15, 0.2) is 0 Å². The number of morpholine rings is 1. The van der Waals surface area contributed by atoms with Gasteiger partial charge in [0, 0.05) is 67.7 Å². The van der Waals surface area contributed by atoms with Gasteiger partial charge in [-0.2, -0.15) is 5.10 Å². The number of rotatable bonds is 8. The molecule has 0 spiro atoms. The quantitative estimate of drug-likeness (QED) is 0.515. The van der Waals surface area contributed by atoms with E-state index >= 15 is 0 Å². The fourth-order valence-corrected chi connectivity index (χ4v) is 4.27. The monoisotopic (exact) mass is 457 g/mol. The summed E-state index contributed by atoms with van der Waals surface area (Å²) in [5, 5.41) is 7.48. The SMILES string of the molecule is Cc1cc(NC(=O)C=Cc2cnccc2-c2cnn(CC3CC3)c2)ccc1CN1CCOCC1. The predicted octanol–water partition coefficient (Wildman–Crippen LogP) is 4.15. The first-order valence-corrected chi connectivity index (χ1v) is 12.0. The summed E-state index contributed by atoms with van der Waals surface area (Å²) < 4.78 is 7.44. The minimum atomic E-state index is -0.167. The van der Waals surface area contributed by atoms with Crippen LogP contribution in [0.5, 0.6) is 0 Å². The van der Waals surface area contributed by atoms with E-state index in [1.165, 1.54) is 24.0 Å². The molecule has 1 aliphatic heterocycles. The lowest BCUT2D eigenvalue weighted by Gasteiger charge is -2.27. The van der Waals surface area contributed by atoms with Crippen molar-refractivity contribution >= 4 is 17.7 Å². The van der Waals surface area contributed by atoms with Gasteiger partial charge in [0.2, 0.25) is 5.91 Å². The highest BCUT2D eigenvalue weighted by Crippen LogP contribution is 2.31. The molecule has 34 heavy (non-hydrogen) atoms. The Kier molecular flexibility index (Phi) is 6.83. The van der Waals surface area contributed by atoms with Crippen molar-refractivity contribution in [2.75, 3.05) is 31.6 Å². The highest BCUT2D eigenvalue weighted by Gasteiger charge is 2.22. The van der Waals surface area contributed by atoms with Gasteiger partial charge in [-0.15, -0.1) is 0 Å². The second-order valence-corrected chi connectivity index (χ2v) is 9.21. The Morgan fingerprint density at radius 3 is 2.85 bits per heavy atom. The maximum atomic E-state index is 12.6. The van der Waals surface area contributed by atoms with Crippen molar-refractivity contribution in [3.05, 3.63) is 71.8 Å². The largest absolute Gasteiger partial charge is 0.379 e. The van der Waals surface area contributed by atoms with Crippen LogP contribution < -0.4 is 5.32 Å². The minimum Gasteiger partial charge on any atom is -0.379 e. The van der Waals surface area contributed by atoms with Crippen LogP contribution in [0.4, 0.5) is 5.69 Å². The summed E-state index contributed by atoms with van der Waals surface area (Å²) in [5.74, 6) is 0.602. The second kappa shape index (κ2) is 10.3. The van der Waals surface area contributed by atoms with Gasteiger partial charge < -0.3 is 10.1 Å². The van der Waals surface area contributed by atoms with Gasteiger partial charge in [-0.1, -0.05) is 6.07 Å². The van der Waals surface area contributed by atoms with Crippen molar-refractivity contribution in [3.8, 4) is 11.1 Å². The summed E-state index contributed by atoms with van der Waals surface area (Å²) in [4.78, 5) is 19.3. The molecule has 7 nitrogen and oxygen atoms in total. The Morgan fingerprint density at radius 2 is 2.06 bits per heavy atom. The van der Waals surface area contributed by atoms with Crippen LogP contribution in [-0.2, 0) is 22.6 Å². The topological polar surface area (TPSA) is 72.3 Å². The van der Waals surface area contributed by atoms with Gasteiger partial charge in [-0.05, 0) is 66.6 Å². The zero-order valence-corrected chi connectivity index (χ0v) is 19.6. The number of hydrogen-bond acceptors (Lipinski definition) is 5. The van der Waals surface area contributed by atoms with Crippen molar-refractivity contribution in [3.63, 3.8) is 0 Å². The molecule has 5 rings (SSSR count). The number of anilines is 1. The van der Waals surface area contributed by atoms with E-state index in [1.807, 2.05) is 35.2 Å². The molecule has 0 unspecified atom stereocenters. The molecule has 0 atom stereocenters. The van der Waals surface area contributed by atoms with Crippen molar-refractivity contribution < 1.29 is 9.53 Å². The molecule has 1 amide bonds. The van der Waals surface area contributed by atoms with Crippen LogP contribution in [0.25, 0.3) is 17.2 Å². The molecular weight excluding hydrogens is 426 g/mol. The number of benzene rings is 1. The van der Waals surface area contributed by atoms with Crippen molar-refractivity contribution in [2.24, 2.45) is 5.92 Å². The molecule has 3 aromatic rings. The molecule has 2 fully saturated rings. The van der Waals surface area contributed by atoms with Crippen LogP contribution in [0.15, 0.2) is 55.1 Å². The smallest absolute Gasteiger partial charge is 0.248 e. The van der Waals surface area contributed by atoms with Gasteiger partial charge in [0.05, 0.1) is 19.4 Å². The molecule has 1 saturated carbocycles. The van der Waals surface area contributed by atoms with E-state index < -0.39 is 0 Å². The molecule has 0 bridgehead atoms. The number of amides is 1. The van der Waals surface area contributed by atoms with Crippen LogP contribution in [0.3, 0.4) is 0 Å². The number of aryl methyl sites for hydroxylation is 1.